The lowest BCUT2D eigenvalue weighted by molar-refractivity contribution is 0.0505. The Bertz CT molecular complexity index is 852. The van der Waals surface area contributed by atoms with Crippen LogP contribution in [0.1, 0.15) is 68.9 Å². The van der Waals surface area contributed by atoms with E-state index in [1.807, 2.05) is 24.3 Å². The molecule has 0 saturated heterocycles. The van der Waals surface area contributed by atoms with E-state index in [0.29, 0.717) is 19.1 Å². The normalized spacial score (nSPS) is 19.4. The van der Waals surface area contributed by atoms with Crippen molar-refractivity contribution < 1.29 is 28.8 Å². The first-order valence-corrected chi connectivity index (χ1v) is 12.3. The summed E-state index contributed by atoms with van der Waals surface area (Å²) in [5.41, 5.74) is 2.33. The van der Waals surface area contributed by atoms with E-state index in [0.717, 1.165) is 42.9 Å². The Kier molecular flexibility index (Phi) is 10.5. The van der Waals surface area contributed by atoms with Crippen molar-refractivity contribution in [3.8, 4) is 17.2 Å². The standard InChI is InChI=1S/C28H40O6/c1-28(22-11-13-23(14-12-22)33-20-30-2)19-32-27-18-24(34-21-31-3)15-16-25(27)26(28)10-8-6-4-5-7-9-17-29/h11-16,18,26,29H,4-10,17,19-21H2,1-3H3/t26-,28-/m1/s1. The fourth-order valence-electron chi connectivity index (χ4n) is 4.80. The summed E-state index contributed by atoms with van der Waals surface area (Å²) in [5.74, 6) is 2.78. The third-order valence-electron chi connectivity index (χ3n) is 6.76. The lowest BCUT2D eigenvalue weighted by Crippen LogP contribution is -2.40. The zero-order valence-corrected chi connectivity index (χ0v) is 20.9. The molecule has 0 spiro atoms. The lowest BCUT2D eigenvalue weighted by Gasteiger charge is -2.43. The Morgan fingerprint density at radius 1 is 0.853 bits per heavy atom. The number of unbranched alkanes of at least 4 members (excludes halogenated alkanes) is 5. The maximum absolute atomic E-state index is 8.98. The molecule has 2 atom stereocenters. The average Bonchev–Trinajstić information content (AvgIpc) is 2.87. The molecule has 0 aromatic heterocycles. The molecular formula is C28H40O6. The lowest BCUT2D eigenvalue weighted by atomic mass is 9.66. The largest absolute Gasteiger partial charge is 0.492 e. The fraction of sp³-hybridized carbons (Fsp3) is 0.571. The highest BCUT2D eigenvalue weighted by Gasteiger charge is 2.42. The van der Waals surface area contributed by atoms with E-state index in [1.54, 1.807) is 14.2 Å². The summed E-state index contributed by atoms with van der Waals surface area (Å²) in [6.45, 7) is 3.66. The van der Waals surface area contributed by atoms with Gasteiger partial charge in [-0.05, 0) is 42.2 Å². The van der Waals surface area contributed by atoms with Gasteiger partial charge in [-0.3, -0.25) is 0 Å². The molecule has 34 heavy (non-hydrogen) atoms. The monoisotopic (exact) mass is 472 g/mol. The van der Waals surface area contributed by atoms with Gasteiger partial charge in [0.15, 0.2) is 13.6 Å². The molecule has 188 valence electrons. The van der Waals surface area contributed by atoms with Gasteiger partial charge in [0.25, 0.3) is 0 Å². The predicted octanol–water partition coefficient (Wildman–Crippen LogP) is 5.81. The number of fused-ring (bicyclic) bond motifs is 1. The quantitative estimate of drug-likeness (QED) is 0.261. The minimum atomic E-state index is -0.154. The van der Waals surface area contributed by atoms with Gasteiger partial charge in [0, 0.05) is 38.2 Å². The molecule has 0 fully saturated rings. The zero-order valence-electron chi connectivity index (χ0n) is 20.9. The first kappa shape index (κ1) is 26.3. The van der Waals surface area contributed by atoms with Crippen LogP contribution in [0.25, 0.3) is 0 Å². The van der Waals surface area contributed by atoms with Gasteiger partial charge in [-0.1, -0.05) is 57.2 Å². The van der Waals surface area contributed by atoms with Crippen molar-refractivity contribution in [2.24, 2.45) is 0 Å². The molecule has 1 N–H and O–H groups in total. The fourth-order valence-corrected chi connectivity index (χ4v) is 4.80. The molecule has 0 radical (unpaired) electrons. The summed E-state index contributed by atoms with van der Waals surface area (Å²) >= 11 is 0. The van der Waals surface area contributed by atoms with E-state index in [2.05, 4.69) is 25.1 Å². The molecule has 6 heteroatoms. The maximum atomic E-state index is 8.98. The highest BCUT2D eigenvalue weighted by Crippen LogP contribution is 2.50. The Hall–Kier alpha value is -2.28. The van der Waals surface area contributed by atoms with Gasteiger partial charge in [-0.25, -0.2) is 0 Å². The van der Waals surface area contributed by atoms with E-state index in [-0.39, 0.29) is 19.0 Å². The van der Waals surface area contributed by atoms with Crippen LogP contribution in [0.3, 0.4) is 0 Å². The van der Waals surface area contributed by atoms with Gasteiger partial charge in [0.1, 0.15) is 17.2 Å². The molecule has 0 bridgehead atoms. The number of ether oxygens (including phenoxy) is 5. The SMILES string of the molecule is COCOc1ccc([C@@]2(C)COc3cc(OCOC)ccc3[C@H]2CCCCCCCCO)cc1. The highest BCUT2D eigenvalue weighted by atomic mass is 16.7. The minimum Gasteiger partial charge on any atom is -0.492 e. The number of methoxy groups -OCH3 is 2. The zero-order chi connectivity index (χ0) is 24.2. The van der Waals surface area contributed by atoms with Crippen molar-refractivity contribution in [3.63, 3.8) is 0 Å². The Morgan fingerprint density at radius 3 is 2.15 bits per heavy atom. The van der Waals surface area contributed by atoms with E-state index in [1.165, 1.54) is 30.4 Å². The van der Waals surface area contributed by atoms with E-state index in [4.69, 9.17) is 28.8 Å². The maximum Gasteiger partial charge on any atom is 0.188 e. The number of aliphatic hydroxyl groups excluding tert-OH is 1. The van der Waals surface area contributed by atoms with Crippen LogP contribution in [0, 0.1) is 0 Å². The summed E-state index contributed by atoms with van der Waals surface area (Å²) in [7, 11) is 3.24. The summed E-state index contributed by atoms with van der Waals surface area (Å²) in [6, 6.07) is 14.5. The van der Waals surface area contributed by atoms with E-state index in [9.17, 15) is 0 Å². The second-order valence-corrected chi connectivity index (χ2v) is 9.22. The van der Waals surface area contributed by atoms with Gasteiger partial charge in [0.2, 0.25) is 0 Å². The summed E-state index contributed by atoms with van der Waals surface area (Å²) in [5, 5.41) is 8.98. The minimum absolute atomic E-state index is 0.154. The van der Waals surface area contributed by atoms with Crippen LogP contribution >= 0.6 is 0 Å². The number of aliphatic hydroxyl groups is 1. The van der Waals surface area contributed by atoms with Gasteiger partial charge < -0.3 is 28.8 Å². The first-order valence-electron chi connectivity index (χ1n) is 12.3. The third-order valence-corrected chi connectivity index (χ3v) is 6.76. The van der Waals surface area contributed by atoms with Crippen LogP contribution in [-0.2, 0) is 14.9 Å². The molecular weight excluding hydrogens is 432 g/mol. The second kappa shape index (κ2) is 13.6. The van der Waals surface area contributed by atoms with Crippen molar-refractivity contribution in [3.05, 3.63) is 53.6 Å². The van der Waals surface area contributed by atoms with Crippen LogP contribution in [0.4, 0.5) is 0 Å². The number of rotatable bonds is 15. The van der Waals surface area contributed by atoms with Crippen molar-refractivity contribution in [1.82, 2.24) is 0 Å². The van der Waals surface area contributed by atoms with Crippen LogP contribution in [0.15, 0.2) is 42.5 Å². The molecule has 0 unspecified atom stereocenters. The molecule has 0 amide bonds. The number of hydrogen-bond donors (Lipinski definition) is 1. The highest BCUT2D eigenvalue weighted by molar-refractivity contribution is 5.48. The molecule has 2 aromatic rings. The van der Waals surface area contributed by atoms with Crippen LogP contribution < -0.4 is 14.2 Å². The van der Waals surface area contributed by atoms with Crippen LogP contribution in [0.5, 0.6) is 17.2 Å². The van der Waals surface area contributed by atoms with Crippen molar-refractivity contribution in [1.29, 1.82) is 0 Å². The topological polar surface area (TPSA) is 66.4 Å². The molecule has 0 aliphatic carbocycles. The van der Waals surface area contributed by atoms with Crippen molar-refractivity contribution in [2.75, 3.05) is 41.0 Å². The van der Waals surface area contributed by atoms with Crippen molar-refractivity contribution in [2.45, 2.75) is 63.2 Å². The van der Waals surface area contributed by atoms with Crippen LogP contribution in [0.2, 0.25) is 0 Å². The predicted molar refractivity (Wildman–Crippen MR) is 133 cm³/mol. The van der Waals surface area contributed by atoms with E-state index < -0.39 is 0 Å². The molecule has 3 rings (SSSR count). The first-order chi connectivity index (χ1) is 16.6. The molecule has 2 aromatic carbocycles. The van der Waals surface area contributed by atoms with Gasteiger partial charge in [-0.2, -0.15) is 0 Å². The summed E-state index contributed by atoms with van der Waals surface area (Å²) in [6.07, 6.45) is 7.86. The van der Waals surface area contributed by atoms with Gasteiger partial charge in [0.05, 0.1) is 6.61 Å². The van der Waals surface area contributed by atoms with Gasteiger partial charge in [-0.15, -0.1) is 0 Å². The summed E-state index contributed by atoms with van der Waals surface area (Å²) < 4.78 is 27.6. The number of hydrogen-bond acceptors (Lipinski definition) is 6. The molecule has 1 aliphatic rings. The smallest absolute Gasteiger partial charge is 0.188 e. The second-order valence-electron chi connectivity index (χ2n) is 9.22. The Labute approximate surface area is 204 Å². The molecule has 0 saturated carbocycles. The van der Waals surface area contributed by atoms with Crippen LogP contribution in [-0.4, -0.2) is 46.1 Å². The third kappa shape index (κ3) is 6.87. The van der Waals surface area contributed by atoms with Gasteiger partial charge >= 0.3 is 0 Å². The summed E-state index contributed by atoms with van der Waals surface area (Å²) in [4.78, 5) is 0. The Balaban J connectivity index is 1.78. The molecule has 1 aliphatic heterocycles. The number of benzene rings is 2. The molecule has 6 nitrogen and oxygen atoms in total. The Morgan fingerprint density at radius 2 is 1.47 bits per heavy atom. The molecule has 1 heterocycles. The van der Waals surface area contributed by atoms with Crippen molar-refractivity contribution >= 4 is 0 Å². The average molecular weight is 473 g/mol. The van der Waals surface area contributed by atoms with E-state index >= 15 is 0 Å².